The maximum absolute atomic E-state index is 11.8. The summed E-state index contributed by atoms with van der Waals surface area (Å²) in [4.78, 5) is 23.5. The number of anilines is 1. The Labute approximate surface area is 148 Å². The Balaban J connectivity index is 1.49. The van der Waals surface area contributed by atoms with E-state index in [-0.39, 0.29) is 6.79 Å². The fraction of sp³-hybridized carbons (Fsp3) is 0.111. The smallest absolute Gasteiger partial charge is 0.331 e. The van der Waals surface area contributed by atoms with Gasteiger partial charge in [-0.15, -0.1) is 0 Å². The number of esters is 1. The lowest BCUT2D eigenvalue weighted by atomic mass is 10.2. The molecule has 1 aliphatic heterocycles. The van der Waals surface area contributed by atoms with Gasteiger partial charge in [0.2, 0.25) is 6.79 Å². The van der Waals surface area contributed by atoms with E-state index < -0.39 is 18.5 Å². The molecular weight excluding hydrogens is 346 g/mol. The minimum absolute atomic E-state index is 0.155. The molecule has 1 N–H and O–H groups in total. The van der Waals surface area contributed by atoms with Gasteiger partial charge in [-0.1, -0.05) is 29.8 Å². The molecule has 2 aromatic carbocycles. The molecule has 0 fully saturated rings. The predicted octanol–water partition coefficient (Wildman–Crippen LogP) is 3.26. The van der Waals surface area contributed by atoms with Crippen LogP contribution in [0.25, 0.3) is 6.08 Å². The van der Waals surface area contributed by atoms with Crippen molar-refractivity contribution in [3.05, 3.63) is 59.1 Å². The van der Waals surface area contributed by atoms with E-state index in [0.29, 0.717) is 27.8 Å². The van der Waals surface area contributed by atoms with Gasteiger partial charge in [-0.3, -0.25) is 4.79 Å². The van der Waals surface area contributed by atoms with Crippen molar-refractivity contribution in [3.8, 4) is 11.5 Å². The standard InChI is InChI=1S/C18H14ClNO5/c19-14-4-2-1-3-12(14)5-8-18(22)23-10-17(21)20-13-6-7-15-16(9-13)25-11-24-15/h1-9H,10-11H2,(H,20,21)/b8-5+. The van der Waals surface area contributed by atoms with Gasteiger partial charge in [0.15, 0.2) is 18.1 Å². The van der Waals surface area contributed by atoms with Gasteiger partial charge < -0.3 is 19.5 Å². The molecule has 0 atom stereocenters. The van der Waals surface area contributed by atoms with Crippen LogP contribution in [0.5, 0.6) is 11.5 Å². The van der Waals surface area contributed by atoms with Crippen molar-refractivity contribution in [2.24, 2.45) is 0 Å². The Hall–Kier alpha value is -2.99. The molecule has 0 aliphatic carbocycles. The van der Waals surface area contributed by atoms with E-state index in [1.54, 1.807) is 42.5 Å². The minimum atomic E-state index is -0.638. The molecule has 1 heterocycles. The van der Waals surface area contributed by atoms with Crippen LogP contribution in [0.2, 0.25) is 5.02 Å². The number of carbonyl (C=O) groups is 2. The first-order valence-electron chi connectivity index (χ1n) is 7.41. The molecule has 0 radical (unpaired) electrons. The second kappa shape index (κ2) is 7.72. The number of amides is 1. The summed E-state index contributed by atoms with van der Waals surface area (Å²) in [6.07, 6.45) is 2.75. The van der Waals surface area contributed by atoms with Crippen LogP contribution < -0.4 is 14.8 Å². The van der Waals surface area contributed by atoms with E-state index in [1.807, 2.05) is 0 Å². The van der Waals surface area contributed by atoms with Crippen LogP contribution in [-0.4, -0.2) is 25.3 Å². The van der Waals surface area contributed by atoms with E-state index in [2.05, 4.69) is 5.32 Å². The van der Waals surface area contributed by atoms with Gasteiger partial charge in [-0.25, -0.2) is 4.79 Å². The number of benzene rings is 2. The molecule has 0 bridgehead atoms. The molecule has 0 unspecified atom stereocenters. The molecule has 0 aromatic heterocycles. The van der Waals surface area contributed by atoms with Crippen LogP contribution in [0, 0.1) is 0 Å². The molecule has 128 valence electrons. The van der Waals surface area contributed by atoms with Crippen LogP contribution in [0.1, 0.15) is 5.56 Å². The van der Waals surface area contributed by atoms with Crippen LogP contribution in [0.4, 0.5) is 5.69 Å². The summed E-state index contributed by atoms with van der Waals surface area (Å²) in [5, 5.41) is 3.13. The molecular formula is C18H14ClNO5. The molecule has 7 heteroatoms. The first-order chi connectivity index (χ1) is 12.1. The topological polar surface area (TPSA) is 73.9 Å². The average molecular weight is 360 g/mol. The largest absolute Gasteiger partial charge is 0.454 e. The monoisotopic (exact) mass is 359 g/mol. The van der Waals surface area contributed by atoms with Gasteiger partial charge in [0.1, 0.15) is 0 Å². The molecule has 0 saturated heterocycles. The van der Waals surface area contributed by atoms with Gasteiger partial charge in [-0.05, 0) is 29.8 Å². The van der Waals surface area contributed by atoms with Crippen LogP contribution >= 0.6 is 11.6 Å². The van der Waals surface area contributed by atoms with Crippen LogP contribution in [0.15, 0.2) is 48.5 Å². The Bertz CT molecular complexity index is 834. The lowest BCUT2D eigenvalue weighted by molar-refractivity contribution is -0.142. The number of nitrogens with one attached hydrogen (secondary N) is 1. The first kappa shape index (κ1) is 16.9. The Kier molecular flexibility index (Phi) is 5.20. The SMILES string of the molecule is O=C(COC(=O)/C=C/c1ccccc1Cl)Nc1ccc2c(c1)OCO2. The van der Waals surface area contributed by atoms with Crippen molar-refractivity contribution in [1.82, 2.24) is 0 Å². The van der Waals surface area contributed by atoms with Crippen molar-refractivity contribution in [3.63, 3.8) is 0 Å². The van der Waals surface area contributed by atoms with Crippen molar-refractivity contribution in [2.75, 3.05) is 18.7 Å². The zero-order valence-corrected chi connectivity index (χ0v) is 13.8. The van der Waals surface area contributed by atoms with E-state index in [1.165, 1.54) is 12.2 Å². The van der Waals surface area contributed by atoms with Gasteiger partial charge >= 0.3 is 5.97 Å². The zero-order chi connectivity index (χ0) is 17.6. The number of hydrogen-bond acceptors (Lipinski definition) is 5. The Morgan fingerprint density at radius 3 is 2.80 bits per heavy atom. The lowest BCUT2D eigenvalue weighted by Gasteiger charge is -2.06. The van der Waals surface area contributed by atoms with E-state index >= 15 is 0 Å². The molecule has 25 heavy (non-hydrogen) atoms. The summed E-state index contributed by atoms with van der Waals surface area (Å²) in [6.45, 7) is -0.248. The van der Waals surface area contributed by atoms with Crippen LogP contribution in [0.3, 0.4) is 0 Å². The summed E-state index contributed by atoms with van der Waals surface area (Å²) >= 11 is 5.98. The van der Waals surface area contributed by atoms with Gasteiger partial charge in [-0.2, -0.15) is 0 Å². The molecule has 1 amide bonds. The first-order valence-corrected chi connectivity index (χ1v) is 7.78. The Morgan fingerprint density at radius 2 is 1.96 bits per heavy atom. The quantitative estimate of drug-likeness (QED) is 0.655. The van der Waals surface area contributed by atoms with E-state index in [4.69, 9.17) is 25.8 Å². The Morgan fingerprint density at radius 1 is 1.16 bits per heavy atom. The third-order valence-corrected chi connectivity index (χ3v) is 3.65. The highest BCUT2D eigenvalue weighted by Crippen LogP contribution is 2.34. The predicted molar refractivity (Wildman–Crippen MR) is 92.6 cm³/mol. The molecule has 1 aliphatic rings. The van der Waals surface area contributed by atoms with Crippen molar-refractivity contribution >= 4 is 35.2 Å². The summed E-state index contributed by atoms with van der Waals surface area (Å²) in [7, 11) is 0. The highest BCUT2D eigenvalue weighted by atomic mass is 35.5. The number of ether oxygens (including phenoxy) is 3. The maximum Gasteiger partial charge on any atom is 0.331 e. The van der Waals surface area contributed by atoms with Crippen molar-refractivity contribution in [2.45, 2.75) is 0 Å². The number of carbonyl (C=O) groups excluding carboxylic acids is 2. The average Bonchev–Trinajstić information content (AvgIpc) is 3.07. The van der Waals surface area contributed by atoms with Gasteiger partial charge in [0, 0.05) is 22.9 Å². The molecule has 6 nitrogen and oxygen atoms in total. The highest BCUT2D eigenvalue weighted by Gasteiger charge is 2.14. The van der Waals surface area contributed by atoms with E-state index in [0.717, 1.165) is 0 Å². The van der Waals surface area contributed by atoms with Crippen LogP contribution in [-0.2, 0) is 14.3 Å². The molecule has 2 aromatic rings. The number of hydrogen-bond donors (Lipinski definition) is 1. The normalized spacial score (nSPS) is 12.2. The van der Waals surface area contributed by atoms with Gasteiger partial charge in [0.25, 0.3) is 5.91 Å². The fourth-order valence-electron chi connectivity index (χ4n) is 2.12. The summed E-state index contributed by atoms with van der Waals surface area (Å²) < 4.78 is 15.3. The highest BCUT2D eigenvalue weighted by molar-refractivity contribution is 6.32. The maximum atomic E-state index is 11.8. The van der Waals surface area contributed by atoms with Crippen molar-refractivity contribution in [1.29, 1.82) is 0 Å². The molecule has 3 rings (SSSR count). The van der Waals surface area contributed by atoms with Gasteiger partial charge in [0.05, 0.1) is 0 Å². The number of halogens is 1. The zero-order valence-electron chi connectivity index (χ0n) is 13.0. The number of rotatable bonds is 5. The van der Waals surface area contributed by atoms with Crippen molar-refractivity contribution < 1.29 is 23.8 Å². The molecule has 0 spiro atoms. The van der Waals surface area contributed by atoms with E-state index in [9.17, 15) is 9.59 Å². The third kappa shape index (κ3) is 4.51. The second-order valence-corrected chi connectivity index (χ2v) is 5.49. The summed E-state index contributed by atoms with van der Waals surface area (Å²) in [6, 6.07) is 12.1. The fourth-order valence-corrected chi connectivity index (χ4v) is 2.32. The second-order valence-electron chi connectivity index (χ2n) is 5.08. The summed E-state index contributed by atoms with van der Waals surface area (Å²) in [5.41, 5.74) is 1.21. The molecule has 0 saturated carbocycles. The number of fused-ring (bicyclic) bond motifs is 1. The third-order valence-electron chi connectivity index (χ3n) is 3.31. The summed E-state index contributed by atoms with van der Waals surface area (Å²) in [5.74, 6) is 0.0747. The lowest BCUT2D eigenvalue weighted by Crippen LogP contribution is -2.20. The minimum Gasteiger partial charge on any atom is -0.454 e.